The van der Waals surface area contributed by atoms with Crippen molar-refractivity contribution in [3.8, 4) is 28.5 Å². The van der Waals surface area contributed by atoms with Gasteiger partial charge in [-0.15, -0.1) is 0 Å². The van der Waals surface area contributed by atoms with Crippen molar-refractivity contribution in [1.29, 1.82) is 0 Å². The molecule has 1 amide bonds. The van der Waals surface area contributed by atoms with Crippen molar-refractivity contribution in [3.05, 3.63) is 88.4 Å². The molecule has 3 N–H and O–H groups in total. The van der Waals surface area contributed by atoms with E-state index in [-0.39, 0.29) is 17.5 Å². The van der Waals surface area contributed by atoms with E-state index in [1.807, 2.05) is 25.1 Å². The van der Waals surface area contributed by atoms with Crippen molar-refractivity contribution in [2.24, 2.45) is 7.05 Å². The number of aryl methyl sites for hydroxylation is 1. The normalized spacial score (nSPS) is 13.2. The molecule has 0 atom stereocenters. The summed E-state index contributed by atoms with van der Waals surface area (Å²) in [4.78, 5) is 50.9. The van der Waals surface area contributed by atoms with Crippen LogP contribution in [0.25, 0.3) is 28.5 Å². The van der Waals surface area contributed by atoms with E-state index in [2.05, 4.69) is 30.2 Å². The largest absolute Gasteiger partial charge is 0.382 e. The number of ether oxygens (including phenoxy) is 1. The van der Waals surface area contributed by atoms with Crippen LogP contribution < -0.4 is 21.5 Å². The number of nitrogen functional groups attached to an aromatic ring is 1. The number of nitrogens with two attached hydrogens (primary N) is 1. The van der Waals surface area contributed by atoms with Crippen LogP contribution in [0.1, 0.15) is 21.6 Å². The molecule has 0 unspecified atom stereocenters. The highest BCUT2D eigenvalue weighted by Crippen LogP contribution is 2.28. The SMILES string of the molecule is COC1CN(c2cc(-c3cnc(N)c(-c4ccc(NC(=O)c5c(C)n(C)n(-c6cc(C)ccn6)c5=O)cn4)n3)ccn2)C1. The number of amides is 1. The van der Waals surface area contributed by atoms with E-state index in [1.165, 1.54) is 10.9 Å². The van der Waals surface area contributed by atoms with Crippen molar-refractivity contribution < 1.29 is 9.53 Å². The molecule has 1 fully saturated rings. The minimum Gasteiger partial charge on any atom is -0.382 e. The Morgan fingerprint density at radius 2 is 1.74 bits per heavy atom. The number of aromatic nitrogens is 7. The topological polar surface area (TPSA) is 159 Å². The Kier molecular flexibility index (Phi) is 7.16. The Labute approximate surface area is 247 Å². The number of carbonyl (C=O) groups is 1. The van der Waals surface area contributed by atoms with Crippen molar-refractivity contribution >= 4 is 23.2 Å². The molecule has 0 aliphatic carbocycles. The van der Waals surface area contributed by atoms with Crippen LogP contribution in [0.2, 0.25) is 0 Å². The third-order valence-electron chi connectivity index (χ3n) is 7.51. The molecule has 0 bridgehead atoms. The Bertz CT molecular complexity index is 1890. The van der Waals surface area contributed by atoms with Gasteiger partial charge in [0.1, 0.15) is 17.1 Å². The molecule has 0 radical (unpaired) electrons. The van der Waals surface area contributed by atoms with Crippen LogP contribution in [-0.4, -0.2) is 66.5 Å². The molecular formula is C30H30N10O3. The van der Waals surface area contributed by atoms with Gasteiger partial charge in [-0.05, 0) is 55.8 Å². The maximum Gasteiger partial charge on any atom is 0.285 e. The summed E-state index contributed by atoms with van der Waals surface area (Å²) in [5.41, 5.74) is 9.93. The van der Waals surface area contributed by atoms with Crippen molar-refractivity contribution in [3.63, 3.8) is 0 Å². The zero-order chi connectivity index (χ0) is 30.2. The van der Waals surface area contributed by atoms with Crippen LogP contribution in [0.5, 0.6) is 0 Å². The number of methoxy groups -OCH3 is 1. The highest BCUT2D eigenvalue weighted by molar-refractivity contribution is 6.04. The van der Waals surface area contributed by atoms with Gasteiger partial charge in [0, 0.05) is 45.2 Å². The maximum atomic E-state index is 13.3. The Hall–Kier alpha value is -5.43. The third kappa shape index (κ3) is 5.21. The van der Waals surface area contributed by atoms with Gasteiger partial charge in [0.05, 0.1) is 41.3 Å². The molecule has 6 rings (SSSR count). The monoisotopic (exact) mass is 578 g/mol. The fourth-order valence-corrected chi connectivity index (χ4v) is 4.92. The van der Waals surface area contributed by atoms with Crippen LogP contribution in [0.3, 0.4) is 0 Å². The Morgan fingerprint density at radius 3 is 2.47 bits per heavy atom. The molecule has 13 heteroatoms. The van der Waals surface area contributed by atoms with Crippen LogP contribution in [0.4, 0.5) is 17.3 Å². The number of hydrogen-bond acceptors (Lipinski definition) is 10. The van der Waals surface area contributed by atoms with Gasteiger partial charge in [0.2, 0.25) is 0 Å². The van der Waals surface area contributed by atoms with Crippen molar-refractivity contribution in [2.75, 3.05) is 36.1 Å². The molecule has 218 valence electrons. The average Bonchev–Trinajstić information content (AvgIpc) is 3.20. The second-order valence-corrected chi connectivity index (χ2v) is 10.3. The first-order valence-electron chi connectivity index (χ1n) is 13.6. The van der Waals surface area contributed by atoms with Gasteiger partial charge >= 0.3 is 0 Å². The minimum absolute atomic E-state index is 0.0189. The standard InChI is InChI=1S/C30H30N10O3/c1-17-7-9-33-25(11-17)40-30(42)26(18(2)38(40)3)29(41)36-20-5-6-22(34-13-20)27-28(31)35-14-23(37-27)19-8-10-32-24(12-19)39-15-21(16-39)43-4/h5-14,21H,15-16H2,1-4H3,(H2,31,35)(H,36,41). The van der Waals surface area contributed by atoms with Gasteiger partial charge in [-0.2, -0.15) is 4.68 Å². The number of nitrogens with zero attached hydrogens (tertiary/aromatic N) is 8. The number of pyridine rings is 3. The predicted molar refractivity (Wildman–Crippen MR) is 162 cm³/mol. The second-order valence-electron chi connectivity index (χ2n) is 10.3. The highest BCUT2D eigenvalue weighted by atomic mass is 16.5. The van der Waals surface area contributed by atoms with E-state index < -0.39 is 11.5 Å². The summed E-state index contributed by atoms with van der Waals surface area (Å²) in [6.07, 6.45) is 6.66. The second kappa shape index (κ2) is 11.1. The predicted octanol–water partition coefficient (Wildman–Crippen LogP) is 2.77. The summed E-state index contributed by atoms with van der Waals surface area (Å²) >= 11 is 0. The fraction of sp³-hybridized carbons (Fsp3) is 0.233. The summed E-state index contributed by atoms with van der Waals surface area (Å²) < 4.78 is 8.35. The Morgan fingerprint density at radius 1 is 0.977 bits per heavy atom. The smallest absolute Gasteiger partial charge is 0.285 e. The molecule has 0 aromatic carbocycles. The Balaban J connectivity index is 1.22. The lowest BCUT2D eigenvalue weighted by Gasteiger charge is -2.39. The molecule has 5 aromatic heterocycles. The van der Waals surface area contributed by atoms with E-state index >= 15 is 0 Å². The first-order valence-corrected chi connectivity index (χ1v) is 13.6. The van der Waals surface area contributed by atoms with Gasteiger partial charge in [-0.3, -0.25) is 19.3 Å². The molecule has 0 spiro atoms. The lowest BCUT2D eigenvalue weighted by atomic mass is 10.1. The molecule has 6 heterocycles. The summed E-state index contributed by atoms with van der Waals surface area (Å²) in [5.74, 6) is 0.940. The quantitative estimate of drug-likeness (QED) is 0.294. The van der Waals surface area contributed by atoms with Gasteiger partial charge in [-0.1, -0.05) is 0 Å². The lowest BCUT2D eigenvalue weighted by Crippen LogP contribution is -2.52. The molecule has 1 aliphatic heterocycles. The summed E-state index contributed by atoms with van der Waals surface area (Å²) in [6, 6.07) is 10.8. The van der Waals surface area contributed by atoms with E-state index in [0.717, 1.165) is 30.0 Å². The van der Waals surface area contributed by atoms with Crippen molar-refractivity contribution in [1.82, 2.24) is 34.3 Å². The third-order valence-corrected chi connectivity index (χ3v) is 7.51. The summed E-state index contributed by atoms with van der Waals surface area (Å²) in [5, 5.41) is 2.77. The van der Waals surface area contributed by atoms with Gasteiger partial charge in [0.25, 0.3) is 11.5 Å². The molecule has 43 heavy (non-hydrogen) atoms. The van der Waals surface area contributed by atoms with Gasteiger partial charge in [-0.25, -0.2) is 19.9 Å². The number of hydrogen-bond donors (Lipinski definition) is 2. The lowest BCUT2D eigenvalue weighted by molar-refractivity contribution is 0.0783. The summed E-state index contributed by atoms with van der Waals surface area (Å²) in [7, 11) is 3.42. The maximum absolute atomic E-state index is 13.3. The number of carbonyl (C=O) groups excluding carboxylic acids is 1. The first kappa shape index (κ1) is 27.7. The average molecular weight is 579 g/mol. The van der Waals surface area contributed by atoms with E-state index in [1.54, 1.807) is 62.6 Å². The highest BCUT2D eigenvalue weighted by Gasteiger charge is 2.28. The zero-order valence-electron chi connectivity index (χ0n) is 24.1. The molecule has 13 nitrogen and oxygen atoms in total. The van der Waals surface area contributed by atoms with Crippen LogP contribution in [0, 0.1) is 13.8 Å². The van der Waals surface area contributed by atoms with Gasteiger partial charge in [0.15, 0.2) is 11.6 Å². The number of anilines is 3. The van der Waals surface area contributed by atoms with Crippen molar-refractivity contribution in [2.45, 2.75) is 20.0 Å². The fourth-order valence-electron chi connectivity index (χ4n) is 4.92. The van der Waals surface area contributed by atoms with E-state index in [9.17, 15) is 9.59 Å². The van der Waals surface area contributed by atoms with E-state index in [4.69, 9.17) is 15.5 Å². The molecule has 1 saturated heterocycles. The van der Waals surface area contributed by atoms with Gasteiger partial charge < -0.3 is 20.7 Å². The summed E-state index contributed by atoms with van der Waals surface area (Å²) in [6.45, 7) is 5.18. The number of rotatable bonds is 7. The van der Waals surface area contributed by atoms with Crippen LogP contribution in [-0.2, 0) is 11.8 Å². The first-order chi connectivity index (χ1) is 20.7. The number of nitrogens with one attached hydrogen (secondary N) is 1. The molecular weight excluding hydrogens is 548 g/mol. The molecule has 0 saturated carbocycles. The molecule has 1 aliphatic rings. The van der Waals surface area contributed by atoms with Crippen LogP contribution >= 0.6 is 0 Å². The minimum atomic E-state index is -0.548. The van der Waals surface area contributed by atoms with Crippen LogP contribution in [0.15, 0.2) is 66.0 Å². The van der Waals surface area contributed by atoms with E-state index in [0.29, 0.717) is 34.3 Å². The molecule has 5 aromatic rings. The zero-order valence-corrected chi connectivity index (χ0v) is 24.1.